The highest BCUT2D eigenvalue weighted by molar-refractivity contribution is 6.31. The van der Waals surface area contributed by atoms with Crippen LogP contribution in [0, 0.1) is 17.1 Å². The summed E-state index contributed by atoms with van der Waals surface area (Å²) in [5.74, 6) is 0.529. The van der Waals surface area contributed by atoms with Gasteiger partial charge in [-0.3, -0.25) is 0 Å². The number of anilines is 2. The molecule has 22 heavy (non-hydrogen) atoms. The van der Waals surface area contributed by atoms with Gasteiger partial charge in [0, 0.05) is 26.2 Å². The number of benzene rings is 1. The molecule has 0 aliphatic carbocycles. The Balaban J connectivity index is 1.72. The van der Waals surface area contributed by atoms with E-state index in [9.17, 15) is 4.39 Å². The van der Waals surface area contributed by atoms with Gasteiger partial charge in [-0.25, -0.2) is 9.37 Å². The lowest BCUT2D eigenvalue weighted by molar-refractivity contribution is 0.596. The molecule has 0 spiro atoms. The monoisotopic (exact) mass is 316 g/mol. The molecule has 1 saturated heterocycles. The highest BCUT2D eigenvalue weighted by atomic mass is 35.5. The molecule has 0 amide bonds. The Morgan fingerprint density at radius 3 is 2.41 bits per heavy atom. The van der Waals surface area contributed by atoms with Crippen LogP contribution in [0.3, 0.4) is 0 Å². The van der Waals surface area contributed by atoms with Crippen LogP contribution in [0.25, 0.3) is 0 Å². The van der Waals surface area contributed by atoms with E-state index in [2.05, 4.69) is 9.88 Å². The van der Waals surface area contributed by atoms with Crippen molar-refractivity contribution in [3.63, 3.8) is 0 Å². The molecule has 0 radical (unpaired) electrons. The lowest BCUT2D eigenvalue weighted by Gasteiger charge is -2.36. The molecular weight excluding hydrogens is 303 g/mol. The number of para-hydroxylation sites is 1. The van der Waals surface area contributed by atoms with Gasteiger partial charge in [-0.2, -0.15) is 5.26 Å². The topological polar surface area (TPSA) is 43.2 Å². The Hall–Kier alpha value is -2.32. The molecule has 1 aliphatic rings. The maximum atomic E-state index is 13.8. The van der Waals surface area contributed by atoms with Crippen molar-refractivity contribution >= 4 is 23.1 Å². The molecule has 1 aromatic carbocycles. The van der Waals surface area contributed by atoms with Gasteiger partial charge in [-0.15, -0.1) is 0 Å². The third-order valence-electron chi connectivity index (χ3n) is 3.73. The Morgan fingerprint density at radius 2 is 1.73 bits per heavy atom. The predicted octanol–water partition coefficient (Wildman–Crippen LogP) is 3.07. The molecule has 0 saturated carbocycles. The van der Waals surface area contributed by atoms with E-state index in [4.69, 9.17) is 16.9 Å². The van der Waals surface area contributed by atoms with E-state index in [0.717, 1.165) is 5.82 Å². The molecule has 6 heteroatoms. The van der Waals surface area contributed by atoms with Gasteiger partial charge in [-0.05, 0) is 24.3 Å². The molecule has 112 valence electrons. The molecule has 1 aliphatic heterocycles. The van der Waals surface area contributed by atoms with E-state index in [1.165, 1.54) is 6.07 Å². The smallest absolute Gasteiger partial charge is 0.161 e. The van der Waals surface area contributed by atoms with Gasteiger partial charge in [0.25, 0.3) is 0 Å². The fourth-order valence-corrected chi connectivity index (χ4v) is 2.72. The molecule has 3 rings (SSSR count). The largest absolute Gasteiger partial charge is 0.366 e. The van der Waals surface area contributed by atoms with Crippen LogP contribution in [0.1, 0.15) is 5.69 Å². The zero-order chi connectivity index (χ0) is 15.5. The lowest BCUT2D eigenvalue weighted by atomic mass is 10.2. The Morgan fingerprint density at radius 1 is 1.05 bits per heavy atom. The van der Waals surface area contributed by atoms with Crippen molar-refractivity contribution in [3.8, 4) is 6.07 Å². The summed E-state index contributed by atoms with van der Waals surface area (Å²) in [7, 11) is 0. The molecule has 0 N–H and O–H groups in total. The first-order valence-corrected chi connectivity index (χ1v) is 7.38. The summed E-state index contributed by atoms with van der Waals surface area (Å²) in [6.07, 6.45) is 0. The molecule has 0 atom stereocenters. The highest BCUT2D eigenvalue weighted by Crippen LogP contribution is 2.23. The van der Waals surface area contributed by atoms with Crippen molar-refractivity contribution < 1.29 is 4.39 Å². The summed E-state index contributed by atoms with van der Waals surface area (Å²) in [6, 6.07) is 12.3. The Bertz CT molecular complexity index is 720. The molecule has 2 aromatic rings. The van der Waals surface area contributed by atoms with Crippen molar-refractivity contribution in [2.24, 2.45) is 0 Å². The fraction of sp³-hybridized carbons (Fsp3) is 0.250. The van der Waals surface area contributed by atoms with Crippen molar-refractivity contribution in [1.29, 1.82) is 5.26 Å². The van der Waals surface area contributed by atoms with Crippen molar-refractivity contribution in [1.82, 2.24) is 4.98 Å². The average Bonchev–Trinajstić information content (AvgIpc) is 2.56. The first-order valence-electron chi connectivity index (χ1n) is 7.00. The maximum Gasteiger partial charge on any atom is 0.161 e. The first-order chi connectivity index (χ1) is 10.7. The third-order valence-corrected chi connectivity index (χ3v) is 4.04. The van der Waals surface area contributed by atoms with Crippen LogP contribution >= 0.6 is 11.6 Å². The number of halogens is 2. The fourth-order valence-electron chi connectivity index (χ4n) is 2.57. The summed E-state index contributed by atoms with van der Waals surface area (Å²) in [5.41, 5.74) is 0.861. The van der Waals surface area contributed by atoms with Crippen LogP contribution in [-0.2, 0) is 0 Å². The quantitative estimate of drug-likeness (QED) is 0.854. The van der Waals surface area contributed by atoms with Crippen molar-refractivity contribution in [2.75, 3.05) is 36.0 Å². The predicted molar refractivity (Wildman–Crippen MR) is 84.8 cm³/mol. The second-order valence-electron chi connectivity index (χ2n) is 5.04. The molecule has 2 heterocycles. The third kappa shape index (κ3) is 2.83. The minimum atomic E-state index is -0.202. The van der Waals surface area contributed by atoms with Crippen LogP contribution in [0.4, 0.5) is 15.9 Å². The lowest BCUT2D eigenvalue weighted by Crippen LogP contribution is -2.47. The second-order valence-corrected chi connectivity index (χ2v) is 5.44. The average molecular weight is 317 g/mol. The number of nitriles is 1. The van der Waals surface area contributed by atoms with Crippen LogP contribution in [0.2, 0.25) is 5.02 Å². The number of piperazine rings is 1. The van der Waals surface area contributed by atoms with Gasteiger partial charge in [0.2, 0.25) is 0 Å². The molecule has 0 bridgehead atoms. The Labute approximate surface area is 133 Å². The SMILES string of the molecule is N#Cc1nc(N2CCN(c3ccccc3F)CC2)ccc1Cl. The number of aromatic nitrogens is 1. The summed E-state index contributed by atoms with van der Waals surface area (Å²) < 4.78 is 13.8. The maximum absolute atomic E-state index is 13.8. The molecule has 0 unspecified atom stereocenters. The zero-order valence-electron chi connectivity index (χ0n) is 11.8. The number of hydrogen-bond donors (Lipinski definition) is 0. The summed E-state index contributed by atoms with van der Waals surface area (Å²) in [6.45, 7) is 2.84. The summed E-state index contributed by atoms with van der Waals surface area (Å²) in [5, 5.41) is 9.35. The summed E-state index contributed by atoms with van der Waals surface area (Å²) in [4.78, 5) is 8.37. The highest BCUT2D eigenvalue weighted by Gasteiger charge is 2.20. The van der Waals surface area contributed by atoms with E-state index in [1.807, 2.05) is 23.1 Å². The number of nitrogens with zero attached hydrogens (tertiary/aromatic N) is 4. The first kappa shape index (κ1) is 14.6. The van der Waals surface area contributed by atoms with Crippen molar-refractivity contribution in [2.45, 2.75) is 0 Å². The minimum Gasteiger partial charge on any atom is -0.366 e. The summed E-state index contributed by atoms with van der Waals surface area (Å²) >= 11 is 5.90. The van der Waals surface area contributed by atoms with Gasteiger partial charge in [0.05, 0.1) is 10.7 Å². The Kier molecular flexibility index (Phi) is 4.12. The van der Waals surface area contributed by atoms with E-state index in [0.29, 0.717) is 36.9 Å². The normalized spacial score (nSPS) is 14.8. The zero-order valence-corrected chi connectivity index (χ0v) is 12.6. The number of hydrogen-bond acceptors (Lipinski definition) is 4. The number of rotatable bonds is 2. The van der Waals surface area contributed by atoms with E-state index in [1.54, 1.807) is 18.2 Å². The molecule has 1 aromatic heterocycles. The van der Waals surface area contributed by atoms with Gasteiger partial charge < -0.3 is 9.80 Å². The standard InChI is InChI=1S/C16H14ClFN4/c17-12-5-6-16(20-14(12)11-19)22-9-7-21(8-10-22)15-4-2-1-3-13(15)18/h1-6H,7-10H2. The molecule has 4 nitrogen and oxygen atoms in total. The van der Waals surface area contributed by atoms with Crippen LogP contribution in [-0.4, -0.2) is 31.2 Å². The second kappa shape index (κ2) is 6.20. The molecular formula is C16H14ClFN4. The van der Waals surface area contributed by atoms with Crippen LogP contribution in [0.5, 0.6) is 0 Å². The van der Waals surface area contributed by atoms with Crippen molar-refractivity contribution in [3.05, 3.63) is 52.9 Å². The van der Waals surface area contributed by atoms with E-state index in [-0.39, 0.29) is 11.5 Å². The van der Waals surface area contributed by atoms with Gasteiger partial charge in [0.15, 0.2) is 5.69 Å². The van der Waals surface area contributed by atoms with Gasteiger partial charge >= 0.3 is 0 Å². The van der Waals surface area contributed by atoms with Crippen LogP contribution < -0.4 is 9.80 Å². The number of pyridine rings is 1. The van der Waals surface area contributed by atoms with E-state index < -0.39 is 0 Å². The van der Waals surface area contributed by atoms with E-state index >= 15 is 0 Å². The minimum absolute atomic E-state index is 0.202. The molecule has 1 fully saturated rings. The van der Waals surface area contributed by atoms with Gasteiger partial charge in [0.1, 0.15) is 17.7 Å². The van der Waals surface area contributed by atoms with Gasteiger partial charge in [-0.1, -0.05) is 23.7 Å². The van der Waals surface area contributed by atoms with Crippen LogP contribution in [0.15, 0.2) is 36.4 Å².